The van der Waals surface area contributed by atoms with Crippen LogP contribution in [0.4, 0.5) is 30.4 Å². The first-order valence-electron chi connectivity index (χ1n) is 11.3. The Bertz CT molecular complexity index is 1260. The van der Waals surface area contributed by atoms with E-state index in [1.54, 1.807) is 26.8 Å². The summed E-state index contributed by atoms with van der Waals surface area (Å²) in [6, 6.07) is 8.43. The number of amides is 2. The third-order valence-corrected chi connectivity index (χ3v) is 4.97. The van der Waals surface area contributed by atoms with Gasteiger partial charge in [-0.2, -0.15) is 8.78 Å². The van der Waals surface area contributed by atoms with Gasteiger partial charge in [-0.25, -0.2) is 14.4 Å². The van der Waals surface area contributed by atoms with E-state index in [1.807, 2.05) is 5.32 Å². The molecule has 2 amide bonds. The summed E-state index contributed by atoms with van der Waals surface area (Å²) in [5.74, 6) is -7.84. The van der Waals surface area contributed by atoms with Gasteiger partial charge in [-0.3, -0.25) is 9.59 Å². The molecule has 3 N–H and O–H groups in total. The molecule has 0 unspecified atom stereocenters. The topological polar surface area (TPSA) is 114 Å². The quantitative estimate of drug-likeness (QED) is 0.271. The summed E-state index contributed by atoms with van der Waals surface area (Å²) < 4.78 is 53.7. The number of anilines is 3. The van der Waals surface area contributed by atoms with Gasteiger partial charge in [0.1, 0.15) is 30.3 Å². The Morgan fingerprint density at radius 2 is 1.65 bits per heavy atom. The van der Waals surface area contributed by atoms with E-state index in [-0.39, 0.29) is 35.8 Å². The molecular weight excluding hydrogens is 491 g/mol. The molecular formula is C25H28F3N5O4. The number of halogens is 3. The predicted octanol–water partition coefficient (Wildman–Crippen LogP) is 4.27. The standard InChI is InChI=1S/C25H28F3N5O4/c1-24(2,3)13-29-22(34)25(27,28)23(35)33-16-7-5-15(6-8-16)32-21-20-18(26)11-17(37-10-9-36-4)12-19(20)30-14-31-21/h5-8,11-12,14H,9-10,13H2,1-4H3,(H,29,34)(H,33,35)(H,30,31,32). The second-order valence-corrected chi connectivity index (χ2v) is 9.34. The number of alkyl halides is 2. The number of methoxy groups -OCH3 is 1. The summed E-state index contributed by atoms with van der Waals surface area (Å²) in [6.45, 7) is 5.85. The van der Waals surface area contributed by atoms with Crippen molar-refractivity contribution in [3.05, 3.63) is 48.5 Å². The van der Waals surface area contributed by atoms with Gasteiger partial charge >= 0.3 is 17.7 Å². The minimum Gasteiger partial charge on any atom is -0.491 e. The second-order valence-electron chi connectivity index (χ2n) is 9.34. The van der Waals surface area contributed by atoms with E-state index >= 15 is 0 Å². The Hall–Kier alpha value is -3.93. The van der Waals surface area contributed by atoms with Crippen molar-refractivity contribution in [2.24, 2.45) is 5.41 Å². The molecule has 0 radical (unpaired) electrons. The molecule has 3 rings (SSSR count). The highest BCUT2D eigenvalue weighted by Gasteiger charge is 2.47. The Morgan fingerprint density at radius 3 is 2.30 bits per heavy atom. The van der Waals surface area contributed by atoms with Gasteiger partial charge in [-0.05, 0) is 29.7 Å². The van der Waals surface area contributed by atoms with Crippen LogP contribution in [-0.4, -0.2) is 54.6 Å². The number of carbonyl (C=O) groups is 2. The molecule has 9 nitrogen and oxygen atoms in total. The summed E-state index contributed by atoms with van der Waals surface area (Å²) in [5.41, 5.74) is 0.354. The molecule has 1 aromatic heterocycles. The fraction of sp³-hybridized carbons (Fsp3) is 0.360. The van der Waals surface area contributed by atoms with E-state index in [0.717, 1.165) is 0 Å². The first kappa shape index (κ1) is 27.7. The minimum absolute atomic E-state index is 0.0183. The molecule has 0 saturated heterocycles. The van der Waals surface area contributed by atoms with Crippen molar-refractivity contribution < 1.29 is 32.2 Å². The zero-order valence-electron chi connectivity index (χ0n) is 20.8. The van der Waals surface area contributed by atoms with Crippen LogP contribution in [0.1, 0.15) is 20.8 Å². The van der Waals surface area contributed by atoms with Gasteiger partial charge in [0, 0.05) is 37.2 Å². The largest absolute Gasteiger partial charge is 0.491 e. The lowest BCUT2D eigenvalue weighted by Gasteiger charge is -2.21. The molecule has 0 fully saturated rings. The molecule has 0 aliphatic carbocycles. The monoisotopic (exact) mass is 519 g/mol. The second kappa shape index (κ2) is 11.4. The predicted molar refractivity (Wildman–Crippen MR) is 133 cm³/mol. The number of aromatic nitrogens is 2. The summed E-state index contributed by atoms with van der Waals surface area (Å²) in [7, 11) is 1.53. The summed E-state index contributed by atoms with van der Waals surface area (Å²) in [5, 5.41) is 7.18. The number of rotatable bonds is 10. The highest BCUT2D eigenvalue weighted by atomic mass is 19.3. The van der Waals surface area contributed by atoms with E-state index in [0.29, 0.717) is 17.8 Å². The zero-order valence-corrected chi connectivity index (χ0v) is 20.8. The maximum Gasteiger partial charge on any atom is 0.400 e. The van der Waals surface area contributed by atoms with Crippen LogP contribution in [0.15, 0.2) is 42.7 Å². The van der Waals surface area contributed by atoms with E-state index in [9.17, 15) is 22.8 Å². The van der Waals surface area contributed by atoms with Crippen LogP contribution in [-0.2, 0) is 14.3 Å². The molecule has 0 bridgehead atoms. The average molecular weight is 520 g/mol. The highest BCUT2D eigenvalue weighted by Crippen LogP contribution is 2.30. The normalized spacial score (nSPS) is 11.8. The number of ether oxygens (including phenoxy) is 2. The Balaban J connectivity index is 1.69. The van der Waals surface area contributed by atoms with Crippen LogP contribution in [0.3, 0.4) is 0 Å². The summed E-state index contributed by atoms with van der Waals surface area (Å²) in [6.07, 6.45) is 1.25. The van der Waals surface area contributed by atoms with Gasteiger partial charge in [-0.1, -0.05) is 20.8 Å². The van der Waals surface area contributed by atoms with E-state index in [4.69, 9.17) is 9.47 Å². The number of nitrogens with one attached hydrogen (secondary N) is 3. The van der Waals surface area contributed by atoms with Crippen molar-refractivity contribution in [1.82, 2.24) is 15.3 Å². The molecule has 0 aliphatic rings. The first-order chi connectivity index (χ1) is 17.4. The lowest BCUT2D eigenvalue weighted by atomic mass is 9.97. The summed E-state index contributed by atoms with van der Waals surface area (Å²) in [4.78, 5) is 32.1. The molecule has 0 atom stereocenters. The maximum absolute atomic E-state index is 14.8. The molecule has 1 heterocycles. The van der Waals surface area contributed by atoms with Gasteiger partial charge in [0.05, 0.1) is 17.5 Å². The fourth-order valence-corrected chi connectivity index (χ4v) is 3.08. The Labute approximate surface area is 211 Å². The van der Waals surface area contributed by atoms with Crippen molar-refractivity contribution >= 4 is 39.9 Å². The molecule has 0 spiro atoms. The molecule has 3 aromatic rings. The number of nitrogens with zero attached hydrogens (tertiary/aromatic N) is 2. The van der Waals surface area contributed by atoms with Crippen molar-refractivity contribution in [1.29, 1.82) is 0 Å². The third-order valence-electron chi connectivity index (χ3n) is 4.97. The van der Waals surface area contributed by atoms with Crippen LogP contribution in [0.2, 0.25) is 0 Å². The van der Waals surface area contributed by atoms with Crippen LogP contribution >= 0.6 is 0 Å². The zero-order chi connectivity index (χ0) is 27.2. The molecule has 0 saturated carbocycles. The van der Waals surface area contributed by atoms with Crippen LogP contribution in [0, 0.1) is 11.2 Å². The van der Waals surface area contributed by atoms with Crippen LogP contribution in [0.5, 0.6) is 5.75 Å². The van der Waals surface area contributed by atoms with Gasteiger partial charge in [-0.15, -0.1) is 0 Å². The molecule has 37 heavy (non-hydrogen) atoms. The van der Waals surface area contributed by atoms with E-state index in [1.165, 1.54) is 43.8 Å². The number of carbonyl (C=O) groups excluding carboxylic acids is 2. The number of hydrogen-bond acceptors (Lipinski definition) is 7. The Morgan fingerprint density at radius 1 is 0.973 bits per heavy atom. The lowest BCUT2D eigenvalue weighted by molar-refractivity contribution is -0.156. The minimum atomic E-state index is -4.26. The van der Waals surface area contributed by atoms with Crippen molar-refractivity contribution in [2.45, 2.75) is 26.7 Å². The molecule has 198 valence electrons. The average Bonchev–Trinajstić information content (AvgIpc) is 2.83. The third kappa shape index (κ3) is 7.29. The van der Waals surface area contributed by atoms with E-state index in [2.05, 4.69) is 20.6 Å². The van der Waals surface area contributed by atoms with E-state index < -0.39 is 29.0 Å². The van der Waals surface area contributed by atoms with Gasteiger partial charge in [0.15, 0.2) is 0 Å². The maximum atomic E-state index is 14.8. The van der Waals surface area contributed by atoms with Crippen LogP contribution in [0.25, 0.3) is 10.9 Å². The fourth-order valence-electron chi connectivity index (χ4n) is 3.08. The number of hydrogen-bond donors (Lipinski definition) is 3. The lowest BCUT2D eigenvalue weighted by Crippen LogP contribution is -2.50. The smallest absolute Gasteiger partial charge is 0.400 e. The van der Waals surface area contributed by atoms with Gasteiger partial charge in [0.25, 0.3) is 0 Å². The van der Waals surface area contributed by atoms with Crippen molar-refractivity contribution in [2.75, 3.05) is 37.5 Å². The SMILES string of the molecule is COCCOc1cc(F)c2c(Nc3ccc(NC(=O)C(F)(F)C(=O)NCC(C)(C)C)cc3)ncnc2c1. The molecule has 12 heteroatoms. The van der Waals surface area contributed by atoms with Crippen molar-refractivity contribution in [3.63, 3.8) is 0 Å². The number of benzene rings is 2. The van der Waals surface area contributed by atoms with Crippen molar-refractivity contribution in [3.8, 4) is 5.75 Å². The molecule has 0 aliphatic heterocycles. The van der Waals surface area contributed by atoms with Gasteiger partial charge < -0.3 is 25.4 Å². The Kier molecular flexibility index (Phi) is 8.53. The first-order valence-corrected chi connectivity index (χ1v) is 11.3. The summed E-state index contributed by atoms with van der Waals surface area (Å²) >= 11 is 0. The highest BCUT2D eigenvalue weighted by molar-refractivity contribution is 6.12. The number of fused-ring (bicyclic) bond motifs is 1. The van der Waals surface area contributed by atoms with Crippen LogP contribution < -0.4 is 20.7 Å². The van der Waals surface area contributed by atoms with Gasteiger partial charge in [0.2, 0.25) is 0 Å². The molecule has 2 aromatic carbocycles.